The summed E-state index contributed by atoms with van der Waals surface area (Å²) in [5.74, 6) is -2.53. The second kappa shape index (κ2) is 21.9. The summed E-state index contributed by atoms with van der Waals surface area (Å²) in [6.45, 7) is 16.3. The van der Waals surface area contributed by atoms with Crippen molar-refractivity contribution in [2.24, 2.45) is 5.41 Å². The Labute approximate surface area is 348 Å². The van der Waals surface area contributed by atoms with Gasteiger partial charge in [0.15, 0.2) is 12.2 Å². The van der Waals surface area contributed by atoms with Crippen LogP contribution in [-0.4, -0.2) is 109 Å². The molecular formula is C41H60Cl2N4O10. The van der Waals surface area contributed by atoms with Gasteiger partial charge in [-0.05, 0) is 86.7 Å². The number of esters is 4. The van der Waals surface area contributed by atoms with Crippen molar-refractivity contribution in [3.05, 3.63) is 52.2 Å². The fraction of sp³-hybridized carbons (Fsp3) is 0.634. The summed E-state index contributed by atoms with van der Waals surface area (Å²) in [5, 5.41) is 11.1. The van der Waals surface area contributed by atoms with Crippen LogP contribution >= 0.6 is 24.8 Å². The van der Waals surface area contributed by atoms with E-state index in [1.165, 1.54) is 66.5 Å². The molecule has 0 radical (unpaired) electrons. The van der Waals surface area contributed by atoms with Gasteiger partial charge in [0.1, 0.15) is 12.7 Å². The first kappa shape index (κ1) is 47.7. The van der Waals surface area contributed by atoms with E-state index in [1.807, 2.05) is 13.8 Å². The largest absolute Gasteiger partial charge is 0.463 e. The Hall–Kier alpha value is -3.69. The van der Waals surface area contributed by atoms with Crippen molar-refractivity contribution >= 4 is 54.8 Å². The van der Waals surface area contributed by atoms with E-state index in [9.17, 15) is 19.2 Å². The molecule has 0 unspecified atom stereocenters. The lowest BCUT2D eigenvalue weighted by Gasteiger charge is -2.45. The quantitative estimate of drug-likeness (QED) is 0.178. The number of carbonyl (C=O) groups excluding carboxylic acids is 4. The number of benzene rings is 1. The van der Waals surface area contributed by atoms with Gasteiger partial charge in [0.25, 0.3) is 0 Å². The number of H-pyrrole nitrogens is 1. The second-order valence-corrected chi connectivity index (χ2v) is 15.4. The minimum Gasteiger partial charge on any atom is -0.463 e. The van der Waals surface area contributed by atoms with Gasteiger partial charge in [-0.3, -0.25) is 24.3 Å². The molecule has 0 amide bonds. The molecule has 0 bridgehead atoms. The Morgan fingerprint density at radius 1 is 0.947 bits per heavy atom. The normalized spacial score (nSPS) is 23.3. The van der Waals surface area contributed by atoms with E-state index in [-0.39, 0.29) is 43.2 Å². The molecule has 3 aliphatic heterocycles. The van der Waals surface area contributed by atoms with Gasteiger partial charge in [0.05, 0.1) is 0 Å². The summed E-state index contributed by atoms with van der Waals surface area (Å²) in [6.07, 6.45) is 4.57. The molecule has 3 aliphatic rings. The highest BCUT2D eigenvalue weighted by Crippen LogP contribution is 2.38. The van der Waals surface area contributed by atoms with Crippen LogP contribution in [0.5, 0.6) is 5.88 Å². The van der Waals surface area contributed by atoms with Crippen LogP contribution in [0.25, 0.3) is 6.08 Å². The molecule has 318 valence electrons. The third-order valence-electron chi connectivity index (χ3n) is 10.7. The third kappa shape index (κ3) is 13.2. The highest BCUT2D eigenvalue weighted by atomic mass is 35.5. The Bertz CT molecular complexity index is 1690. The molecule has 2 N–H and O–H groups in total. The molecule has 16 heteroatoms. The minimum absolute atomic E-state index is 0. The molecule has 3 fully saturated rings. The molecule has 2 aromatic rings. The average molecular weight is 840 g/mol. The van der Waals surface area contributed by atoms with Gasteiger partial charge in [0.2, 0.25) is 18.3 Å². The maximum absolute atomic E-state index is 12.4. The lowest BCUT2D eigenvalue weighted by atomic mass is 9.73. The maximum atomic E-state index is 12.4. The van der Waals surface area contributed by atoms with Gasteiger partial charge in [-0.1, -0.05) is 44.2 Å². The first-order valence-corrected chi connectivity index (χ1v) is 19.5. The number of halogens is 2. The minimum atomic E-state index is -1.40. The smallest absolute Gasteiger partial charge is 0.303 e. The van der Waals surface area contributed by atoms with Crippen LogP contribution in [0.2, 0.25) is 0 Å². The van der Waals surface area contributed by atoms with Crippen LogP contribution in [0, 0.1) is 12.3 Å². The van der Waals surface area contributed by atoms with E-state index in [4.69, 9.17) is 28.4 Å². The number of nitrogens with one attached hydrogen (secondary N) is 2. The van der Waals surface area contributed by atoms with Gasteiger partial charge in [-0.25, -0.2) is 0 Å². The number of likely N-dealkylation sites (tertiary alicyclic amines) is 1. The Morgan fingerprint density at radius 3 is 2.25 bits per heavy atom. The van der Waals surface area contributed by atoms with Crippen LogP contribution in [-0.2, 0) is 49.3 Å². The number of nitrogens with zero attached hydrogens (tertiary/aromatic N) is 2. The molecule has 14 nitrogen and oxygen atoms in total. The standard InChI is InChI=1S/C41H58N4O10.2ClH/c1-25(2)35-33(22-32-13-12-31(21-26(32)3)11-8-9-19-45-20-10-14-41(24-45)15-17-42-18-16-41)39(44-43-35)55-40-38(53-30(7)49)37(52-29(6)48)36(51-28(5)47)34(54-40)23-50-27(4)46;;/h8,11-13,21,25,34,36-38,40,42H,9-10,14-20,22-24H2,1-7H3,(H,43,44);2*1H/b11-8+;;/t34-,36-,37+,38-,40+;;/m1../s1. The van der Waals surface area contributed by atoms with Gasteiger partial charge in [-0.2, -0.15) is 0 Å². The fourth-order valence-corrected chi connectivity index (χ4v) is 8.05. The molecule has 0 saturated carbocycles. The highest BCUT2D eigenvalue weighted by Gasteiger charge is 2.53. The molecule has 0 aliphatic carbocycles. The zero-order valence-corrected chi connectivity index (χ0v) is 35.8. The van der Waals surface area contributed by atoms with Crippen molar-refractivity contribution < 1.29 is 47.6 Å². The molecule has 3 saturated heterocycles. The summed E-state index contributed by atoms with van der Waals surface area (Å²) in [7, 11) is 0. The number of rotatable bonds is 14. The first-order valence-electron chi connectivity index (χ1n) is 19.5. The summed E-state index contributed by atoms with van der Waals surface area (Å²) in [6, 6.07) is 6.39. The zero-order valence-electron chi connectivity index (χ0n) is 34.1. The Kier molecular flexibility index (Phi) is 18.3. The molecule has 1 aromatic heterocycles. The molecule has 1 aromatic carbocycles. The number of aryl methyl sites for hydroxylation is 1. The zero-order chi connectivity index (χ0) is 39.7. The Balaban J connectivity index is 0.00000435. The van der Waals surface area contributed by atoms with Crippen molar-refractivity contribution in [3.63, 3.8) is 0 Å². The van der Waals surface area contributed by atoms with E-state index in [0.717, 1.165) is 54.0 Å². The SMILES string of the molecule is CC(=O)OC[C@H]1O[C@@H](Oc2n[nH]c(C(C)C)c2Cc2ccc(/C=C/CCN3CCCC4(CCNCC4)C3)cc2C)[C@H](OC(C)=O)[C@@H](OC(C)=O)[C@@H]1OC(C)=O.Cl.Cl. The molecule has 5 rings (SSSR count). The number of aromatic amines is 1. The van der Waals surface area contributed by atoms with E-state index in [0.29, 0.717) is 11.8 Å². The van der Waals surface area contributed by atoms with Gasteiger partial charge >= 0.3 is 23.9 Å². The number of carbonyl (C=O) groups is 4. The molecular weight excluding hydrogens is 779 g/mol. The molecule has 57 heavy (non-hydrogen) atoms. The number of hydrogen-bond acceptors (Lipinski definition) is 13. The number of aromatic nitrogens is 2. The third-order valence-corrected chi connectivity index (χ3v) is 10.7. The van der Waals surface area contributed by atoms with Crippen molar-refractivity contribution in [1.29, 1.82) is 0 Å². The Morgan fingerprint density at radius 2 is 1.61 bits per heavy atom. The van der Waals surface area contributed by atoms with Gasteiger partial charge in [-0.15, -0.1) is 29.9 Å². The molecule has 4 heterocycles. The van der Waals surface area contributed by atoms with Crippen molar-refractivity contribution in [1.82, 2.24) is 20.4 Å². The van der Waals surface area contributed by atoms with E-state index in [1.54, 1.807) is 0 Å². The molecule has 1 spiro atoms. The van der Waals surface area contributed by atoms with Crippen LogP contribution < -0.4 is 10.1 Å². The summed E-state index contributed by atoms with van der Waals surface area (Å²) >= 11 is 0. The van der Waals surface area contributed by atoms with E-state index < -0.39 is 54.6 Å². The lowest BCUT2D eigenvalue weighted by molar-refractivity contribution is -0.289. The lowest BCUT2D eigenvalue weighted by Crippen LogP contribution is -2.63. The number of ether oxygens (including phenoxy) is 6. The highest BCUT2D eigenvalue weighted by molar-refractivity contribution is 5.85. The summed E-state index contributed by atoms with van der Waals surface area (Å²) < 4.78 is 34.5. The summed E-state index contributed by atoms with van der Waals surface area (Å²) in [5.41, 5.74) is 5.39. The van der Waals surface area contributed by atoms with Crippen LogP contribution in [0.1, 0.15) is 108 Å². The molecule has 5 atom stereocenters. The van der Waals surface area contributed by atoms with Crippen LogP contribution in [0.15, 0.2) is 24.3 Å². The topological polar surface area (TPSA) is 168 Å². The predicted molar refractivity (Wildman–Crippen MR) is 218 cm³/mol. The predicted octanol–water partition coefficient (Wildman–Crippen LogP) is 5.61. The van der Waals surface area contributed by atoms with Gasteiger partial charge in [0, 0.05) is 58.5 Å². The summed E-state index contributed by atoms with van der Waals surface area (Å²) in [4.78, 5) is 51.2. The average Bonchev–Trinajstić information content (AvgIpc) is 3.51. The van der Waals surface area contributed by atoms with Crippen LogP contribution in [0.3, 0.4) is 0 Å². The van der Waals surface area contributed by atoms with Crippen molar-refractivity contribution in [2.45, 2.75) is 124 Å². The maximum Gasteiger partial charge on any atom is 0.303 e. The fourth-order valence-electron chi connectivity index (χ4n) is 8.05. The number of hydrogen-bond donors (Lipinski definition) is 2. The van der Waals surface area contributed by atoms with Crippen molar-refractivity contribution in [3.8, 4) is 5.88 Å². The van der Waals surface area contributed by atoms with Crippen LogP contribution in [0.4, 0.5) is 0 Å². The van der Waals surface area contributed by atoms with Crippen molar-refractivity contribution in [2.75, 3.05) is 39.3 Å². The number of piperidine rings is 2. The van der Waals surface area contributed by atoms with E-state index >= 15 is 0 Å². The van der Waals surface area contributed by atoms with E-state index in [2.05, 4.69) is 57.7 Å². The second-order valence-electron chi connectivity index (χ2n) is 15.4. The van der Waals surface area contributed by atoms with Gasteiger partial charge < -0.3 is 38.6 Å². The monoisotopic (exact) mass is 838 g/mol. The first-order chi connectivity index (χ1) is 26.2.